The summed E-state index contributed by atoms with van der Waals surface area (Å²) in [6, 6.07) is 8.02. The summed E-state index contributed by atoms with van der Waals surface area (Å²) >= 11 is 0. The Balaban J connectivity index is 1.62. The van der Waals surface area contributed by atoms with Crippen molar-refractivity contribution in [3.8, 4) is 0 Å². The molecule has 2 fully saturated rings. The average Bonchev–Trinajstić information content (AvgIpc) is 3.13. The number of rotatable bonds is 4. The minimum atomic E-state index is -0.0521. The fraction of sp³-hybridized carbons (Fsp3) is 0.533. The highest BCUT2D eigenvalue weighted by atomic mass is 16.6. The van der Waals surface area contributed by atoms with Crippen molar-refractivity contribution in [1.82, 2.24) is 0 Å². The van der Waals surface area contributed by atoms with E-state index in [9.17, 15) is 4.79 Å². The highest BCUT2D eigenvalue weighted by Crippen LogP contribution is 2.56. The Labute approximate surface area is 102 Å². The minimum Gasteiger partial charge on any atom is -0.459 e. The van der Waals surface area contributed by atoms with Gasteiger partial charge in [-0.1, -0.05) is 24.3 Å². The number of hydrogen-bond donors (Lipinski definition) is 0. The Kier molecular flexibility index (Phi) is 2.46. The first kappa shape index (κ1) is 10.8. The Morgan fingerprint density at radius 3 is 2.65 bits per heavy atom. The van der Waals surface area contributed by atoms with Crippen molar-refractivity contribution >= 4 is 5.97 Å². The summed E-state index contributed by atoms with van der Waals surface area (Å²) in [4.78, 5) is 11.9. The Morgan fingerprint density at radius 2 is 2.06 bits per heavy atom. The van der Waals surface area contributed by atoms with Crippen LogP contribution in [0.5, 0.6) is 0 Å². The molecule has 2 nitrogen and oxygen atoms in total. The molecule has 2 heteroatoms. The van der Waals surface area contributed by atoms with E-state index in [0.717, 1.165) is 18.4 Å². The van der Waals surface area contributed by atoms with Crippen LogP contribution in [0.3, 0.4) is 0 Å². The SMILES string of the molecule is Cc1ccccc1CC(=O)OC1(C2CC2)CC1. The lowest BCUT2D eigenvalue weighted by Crippen LogP contribution is -2.23. The molecule has 2 aliphatic carbocycles. The van der Waals surface area contributed by atoms with Crippen LogP contribution in [0.2, 0.25) is 0 Å². The van der Waals surface area contributed by atoms with Crippen LogP contribution in [0.25, 0.3) is 0 Å². The first-order valence-electron chi connectivity index (χ1n) is 6.46. The van der Waals surface area contributed by atoms with Crippen molar-refractivity contribution in [2.45, 2.75) is 44.6 Å². The van der Waals surface area contributed by atoms with E-state index < -0.39 is 0 Å². The highest BCUT2D eigenvalue weighted by molar-refractivity contribution is 5.74. The summed E-state index contributed by atoms with van der Waals surface area (Å²) in [6.07, 6.45) is 5.07. The summed E-state index contributed by atoms with van der Waals surface area (Å²) < 4.78 is 5.69. The molecule has 2 saturated carbocycles. The fourth-order valence-electron chi connectivity index (χ4n) is 2.55. The molecule has 0 atom stereocenters. The van der Waals surface area contributed by atoms with Crippen LogP contribution < -0.4 is 0 Å². The zero-order valence-electron chi connectivity index (χ0n) is 10.2. The van der Waals surface area contributed by atoms with E-state index in [4.69, 9.17) is 4.74 Å². The van der Waals surface area contributed by atoms with E-state index >= 15 is 0 Å². The molecule has 3 rings (SSSR count). The molecular formula is C15H18O2. The van der Waals surface area contributed by atoms with Gasteiger partial charge in [0.25, 0.3) is 0 Å². The third-order valence-corrected chi connectivity index (χ3v) is 3.98. The maximum atomic E-state index is 11.9. The predicted octanol–water partition coefficient (Wildman–Crippen LogP) is 3.02. The summed E-state index contributed by atoms with van der Waals surface area (Å²) in [5.74, 6) is 0.618. The number of carbonyl (C=O) groups is 1. The van der Waals surface area contributed by atoms with Crippen LogP contribution in [0, 0.1) is 12.8 Å². The van der Waals surface area contributed by atoms with Gasteiger partial charge in [0.15, 0.2) is 0 Å². The van der Waals surface area contributed by atoms with Gasteiger partial charge in [-0.25, -0.2) is 0 Å². The van der Waals surface area contributed by atoms with Crippen molar-refractivity contribution < 1.29 is 9.53 Å². The third-order valence-electron chi connectivity index (χ3n) is 3.98. The summed E-state index contributed by atoms with van der Waals surface area (Å²) in [5, 5.41) is 0. The maximum absolute atomic E-state index is 11.9. The molecule has 0 heterocycles. The van der Waals surface area contributed by atoms with Gasteiger partial charge in [-0.15, -0.1) is 0 Å². The largest absolute Gasteiger partial charge is 0.459 e. The molecule has 0 radical (unpaired) electrons. The molecule has 1 aromatic rings. The number of hydrogen-bond acceptors (Lipinski definition) is 2. The van der Waals surface area contributed by atoms with Crippen molar-refractivity contribution in [2.24, 2.45) is 5.92 Å². The quantitative estimate of drug-likeness (QED) is 0.743. The molecule has 0 aliphatic heterocycles. The van der Waals surface area contributed by atoms with E-state index in [-0.39, 0.29) is 11.6 Å². The molecule has 1 aromatic carbocycles. The van der Waals surface area contributed by atoms with Crippen molar-refractivity contribution in [3.05, 3.63) is 35.4 Å². The lowest BCUT2D eigenvalue weighted by molar-refractivity contribution is -0.151. The average molecular weight is 230 g/mol. The van der Waals surface area contributed by atoms with Gasteiger partial charge < -0.3 is 4.74 Å². The van der Waals surface area contributed by atoms with Crippen LogP contribution in [0.15, 0.2) is 24.3 Å². The normalized spacial score (nSPS) is 21.0. The lowest BCUT2D eigenvalue weighted by Gasteiger charge is -2.16. The van der Waals surface area contributed by atoms with Gasteiger partial charge in [0.1, 0.15) is 5.60 Å². The second-order valence-electron chi connectivity index (χ2n) is 5.42. The maximum Gasteiger partial charge on any atom is 0.310 e. The minimum absolute atomic E-state index is 0.0419. The van der Waals surface area contributed by atoms with Crippen molar-refractivity contribution in [1.29, 1.82) is 0 Å². The van der Waals surface area contributed by atoms with Gasteiger partial charge in [-0.05, 0) is 49.7 Å². The van der Waals surface area contributed by atoms with Crippen LogP contribution >= 0.6 is 0 Å². The van der Waals surface area contributed by atoms with Gasteiger partial charge in [0.05, 0.1) is 6.42 Å². The molecule has 0 amide bonds. The summed E-state index contributed by atoms with van der Waals surface area (Å²) in [6.45, 7) is 2.04. The van der Waals surface area contributed by atoms with Crippen LogP contribution in [-0.2, 0) is 16.0 Å². The number of carbonyl (C=O) groups excluding carboxylic acids is 1. The highest BCUT2D eigenvalue weighted by Gasteiger charge is 2.57. The monoisotopic (exact) mass is 230 g/mol. The topological polar surface area (TPSA) is 26.3 Å². The second-order valence-corrected chi connectivity index (χ2v) is 5.42. The number of benzene rings is 1. The molecule has 90 valence electrons. The molecule has 0 saturated heterocycles. The smallest absolute Gasteiger partial charge is 0.310 e. The van der Waals surface area contributed by atoms with E-state index in [0.29, 0.717) is 12.3 Å². The summed E-state index contributed by atoms with van der Waals surface area (Å²) in [7, 11) is 0. The molecule has 0 spiro atoms. The van der Waals surface area contributed by atoms with Crippen molar-refractivity contribution in [2.75, 3.05) is 0 Å². The molecule has 17 heavy (non-hydrogen) atoms. The van der Waals surface area contributed by atoms with Gasteiger partial charge >= 0.3 is 5.97 Å². The van der Waals surface area contributed by atoms with Gasteiger partial charge in [-0.3, -0.25) is 4.79 Å². The van der Waals surface area contributed by atoms with Gasteiger partial charge in [0.2, 0.25) is 0 Å². The summed E-state index contributed by atoms with van der Waals surface area (Å²) in [5.41, 5.74) is 2.21. The fourth-order valence-corrected chi connectivity index (χ4v) is 2.55. The van der Waals surface area contributed by atoms with E-state index in [1.54, 1.807) is 0 Å². The first-order chi connectivity index (χ1) is 8.20. The zero-order chi connectivity index (χ0) is 11.9. The number of esters is 1. The molecule has 0 bridgehead atoms. The van der Waals surface area contributed by atoms with Gasteiger partial charge in [0, 0.05) is 0 Å². The van der Waals surface area contributed by atoms with Crippen molar-refractivity contribution in [3.63, 3.8) is 0 Å². The Hall–Kier alpha value is -1.31. The first-order valence-corrected chi connectivity index (χ1v) is 6.46. The molecule has 2 aliphatic rings. The van der Waals surface area contributed by atoms with E-state index in [1.807, 2.05) is 31.2 Å². The van der Waals surface area contributed by atoms with Gasteiger partial charge in [-0.2, -0.15) is 0 Å². The lowest BCUT2D eigenvalue weighted by atomic mass is 10.1. The molecule has 0 unspecified atom stereocenters. The molecule has 0 aromatic heterocycles. The molecular weight excluding hydrogens is 212 g/mol. The predicted molar refractivity (Wildman–Crippen MR) is 65.7 cm³/mol. The molecule has 0 N–H and O–H groups in total. The third kappa shape index (κ3) is 2.21. The van der Waals surface area contributed by atoms with Crippen LogP contribution in [0.1, 0.15) is 36.8 Å². The van der Waals surface area contributed by atoms with E-state index in [2.05, 4.69) is 0 Å². The van der Waals surface area contributed by atoms with Crippen LogP contribution in [-0.4, -0.2) is 11.6 Å². The second kappa shape index (κ2) is 3.86. The standard InChI is InChI=1S/C15H18O2/c1-11-4-2-3-5-12(11)10-14(16)17-15(8-9-15)13-6-7-13/h2-5,13H,6-10H2,1H3. The Morgan fingerprint density at radius 1 is 1.35 bits per heavy atom. The number of aryl methyl sites for hydroxylation is 1. The number of ether oxygens (including phenoxy) is 1. The zero-order valence-corrected chi connectivity index (χ0v) is 10.2. The van der Waals surface area contributed by atoms with Crippen LogP contribution in [0.4, 0.5) is 0 Å². The Bertz CT molecular complexity index is 442. The van der Waals surface area contributed by atoms with E-state index in [1.165, 1.54) is 18.4 Å².